The first-order chi connectivity index (χ1) is 8.97. The van der Waals surface area contributed by atoms with Crippen molar-refractivity contribution in [1.29, 1.82) is 0 Å². The largest absolute Gasteiger partial charge is 0.355 e. The lowest BCUT2D eigenvalue weighted by Crippen LogP contribution is -2.48. The summed E-state index contributed by atoms with van der Waals surface area (Å²) < 4.78 is 0. The predicted molar refractivity (Wildman–Crippen MR) is 82.6 cm³/mol. The van der Waals surface area contributed by atoms with E-state index >= 15 is 0 Å². The molecule has 0 spiro atoms. The molecule has 2 unspecified atom stereocenters. The van der Waals surface area contributed by atoms with Gasteiger partial charge in [0.1, 0.15) is 0 Å². The topological polar surface area (TPSA) is 75.4 Å². The lowest BCUT2D eigenvalue weighted by atomic mass is 9.92. The van der Waals surface area contributed by atoms with Gasteiger partial charge in [0, 0.05) is 32.1 Å². The van der Waals surface area contributed by atoms with Crippen LogP contribution in [0.5, 0.6) is 0 Å². The second-order valence-corrected chi connectivity index (χ2v) is 5.74. The van der Waals surface area contributed by atoms with Gasteiger partial charge in [-0.1, -0.05) is 20.8 Å². The maximum absolute atomic E-state index is 12.3. The van der Waals surface area contributed by atoms with Gasteiger partial charge in [-0.05, 0) is 18.8 Å². The van der Waals surface area contributed by atoms with E-state index in [4.69, 9.17) is 5.73 Å². The van der Waals surface area contributed by atoms with Crippen LogP contribution in [0.15, 0.2) is 0 Å². The molecule has 0 radical (unpaired) electrons. The zero-order valence-electron chi connectivity index (χ0n) is 12.7. The Kier molecular flexibility index (Phi) is 8.81. The number of carbonyl (C=O) groups excluding carboxylic acids is 2. The third kappa shape index (κ3) is 5.29. The van der Waals surface area contributed by atoms with E-state index in [0.717, 1.165) is 19.4 Å². The minimum absolute atomic E-state index is 0. The number of hydrogen-bond acceptors (Lipinski definition) is 3. The molecule has 1 fully saturated rings. The van der Waals surface area contributed by atoms with Crippen molar-refractivity contribution in [2.24, 2.45) is 23.5 Å². The molecule has 0 aromatic rings. The highest BCUT2D eigenvalue weighted by Gasteiger charge is 2.30. The fourth-order valence-corrected chi connectivity index (χ4v) is 2.30. The van der Waals surface area contributed by atoms with Crippen molar-refractivity contribution < 1.29 is 9.59 Å². The first-order valence-corrected chi connectivity index (χ1v) is 7.24. The Balaban J connectivity index is 0.00000361. The molecule has 0 aromatic carbocycles. The first-order valence-electron chi connectivity index (χ1n) is 7.24. The Morgan fingerprint density at radius 2 is 2.00 bits per heavy atom. The molecule has 20 heavy (non-hydrogen) atoms. The number of halogens is 1. The number of nitrogens with two attached hydrogens (primary N) is 1. The van der Waals surface area contributed by atoms with Crippen LogP contribution in [-0.2, 0) is 9.59 Å². The highest BCUT2D eigenvalue weighted by molar-refractivity contribution is 5.85. The maximum Gasteiger partial charge on any atom is 0.225 e. The van der Waals surface area contributed by atoms with Crippen molar-refractivity contribution in [3.8, 4) is 0 Å². The van der Waals surface area contributed by atoms with E-state index in [1.165, 1.54) is 0 Å². The van der Waals surface area contributed by atoms with E-state index in [1.807, 2.05) is 11.8 Å². The van der Waals surface area contributed by atoms with Crippen LogP contribution in [0, 0.1) is 17.8 Å². The Hall–Kier alpha value is -0.810. The fourth-order valence-electron chi connectivity index (χ4n) is 2.30. The van der Waals surface area contributed by atoms with E-state index in [0.29, 0.717) is 25.6 Å². The van der Waals surface area contributed by atoms with Gasteiger partial charge in [-0.25, -0.2) is 0 Å². The molecular weight excluding hydrogens is 278 g/mol. The third-order valence-electron chi connectivity index (χ3n) is 3.94. The summed E-state index contributed by atoms with van der Waals surface area (Å²) in [6.07, 6.45) is 1.76. The minimum Gasteiger partial charge on any atom is -0.355 e. The van der Waals surface area contributed by atoms with Gasteiger partial charge in [0.15, 0.2) is 0 Å². The van der Waals surface area contributed by atoms with Crippen molar-refractivity contribution >= 4 is 24.2 Å². The summed E-state index contributed by atoms with van der Waals surface area (Å²) in [5.41, 5.74) is 5.38. The number of piperidine rings is 1. The van der Waals surface area contributed by atoms with Crippen LogP contribution in [0.2, 0.25) is 0 Å². The Bertz CT molecular complexity index is 324. The van der Waals surface area contributed by atoms with E-state index < -0.39 is 0 Å². The molecule has 118 valence electrons. The van der Waals surface area contributed by atoms with Gasteiger partial charge in [-0.3, -0.25) is 9.59 Å². The molecule has 3 N–H and O–H groups in total. The van der Waals surface area contributed by atoms with Gasteiger partial charge < -0.3 is 16.0 Å². The van der Waals surface area contributed by atoms with Crippen LogP contribution in [0.25, 0.3) is 0 Å². The summed E-state index contributed by atoms with van der Waals surface area (Å²) >= 11 is 0. The molecule has 0 saturated carbocycles. The number of nitrogens with one attached hydrogen (secondary N) is 1. The summed E-state index contributed by atoms with van der Waals surface area (Å²) in [4.78, 5) is 26.1. The summed E-state index contributed by atoms with van der Waals surface area (Å²) in [5, 5.41) is 2.81. The maximum atomic E-state index is 12.3. The first kappa shape index (κ1) is 19.2. The van der Waals surface area contributed by atoms with Crippen molar-refractivity contribution in [2.45, 2.75) is 33.6 Å². The number of hydrogen-bond donors (Lipinski definition) is 2. The summed E-state index contributed by atoms with van der Waals surface area (Å²) in [5.74, 6) is 0.472. The van der Waals surface area contributed by atoms with Crippen molar-refractivity contribution in [2.75, 3.05) is 26.2 Å². The normalized spacial score (nSPS) is 20.2. The van der Waals surface area contributed by atoms with E-state index in [9.17, 15) is 9.59 Å². The smallest absolute Gasteiger partial charge is 0.225 e. The Labute approximate surface area is 128 Å². The molecule has 5 nitrogen and oxygen atoms in total. The van der Waals surface area contributed by atoms with Crippen LogP contribution in [-0.4, -0.2) is 42.9 Å². The van der Waals surface area contributed by atoms with Gasteiger partial charge in [0.05, 0.1) is 5.92 Å². The highest BCUT2D eigenvalue weighted by Crippen LogP contribution is 2.21. The number of nitrogens with zero attached hydrogens (tertiary/aromatic N) is 1. The average Bonchev–Trinajstić information content (AvgIpc) is 2.43. The molecule has 0 aliphatic carbocycles. The zero-order valence-corrected chi connectivity index (χ0v) is 13.5. The molecule has 2 atom stereocenters. The molecule has 1 aliphatic rings. The van der Waals surface area contributed by atoms with Crippen LogP contribution in [0.1, 0.15) is 33.6 Å². The van der Waals surface area contributed by atoms with E-state index in [1.54, 1.807) is 0 Å². The molecule has 1 saturated heterocycles. The number of likely N-dealkylation sites (tertiary alicyclic amines) is 1. The van der Waals surface area contributed by atoms with Gasteiger partial charge in [-0.2, -0.15) is 0 Å². The van der Waals surface area contributed by atoms with E-state index in [-0.39, 0.29) is 36.1 Å². The van der Waals surface area contributed by atoms with Crippen molar-refractivity contribution in [3.05, 3.63) is 0 Å². The summed E-state index contributed by atoms with van der Waals surface area (Å²) in [6.45, 7) is 8.35. The van der Waals surface area contributed by atoms with Gasteiger partial charge in [0.25, 0.3) is 0 Å². The molecule has 0 bridgehead atoms. The average molecular weight is 306 g/mol. The molecule has 6 heteroatoms. The summed E-state index contributed by atoms with van der Waals surface area (Å²) in [7, 11) is 0. The lowest BCUT2D eigenvalue weighted by Gasteiger charge is -2.34. The van der Waals surface area contributed by atoms with Crippen molar-refractivity contribution in [1.82, 2.24) is 10.2 Å². The van der Waals surface area contributed by atoms with Gasteiger partial charge in [-0.15, -0.1) is 12.4 Å². The van der Waals surface area contributed by atoms with Gasteiger partial charge in [0.2, 0.25) is 11.8 Å². The SMILES string of the molecule is CC(C)C(C)C(=O)N1CCCC(C(=O)NCCN)C1.Cl. The zero-order chi connectivity index (χ0) is 14.4. The number of amides is 2. The van der Waals surface area contributed by atoms with Crippen LogP contribution >= 0.6 is 12.4 Å². The number of carbonyl (C=O) groups is 2. The monoisotopic (exact) mass is 305 g/mol. The molecule has 0 aromatic heterocycles. The molecule has 2 amide bonds. The van der Waals surface area contributed by atoms with Crippen molar-refractivity contribution in [3.63, 3.8) is 0 Å². The van der Waals surface area contributed by atoms with Crippen LogP contribution in [0.4, 0.5) is 0 Å². The van der Waals surface area contributed by atoms with Crippen LogP contribution < -0.4 is 11.1 Å². The Morgan fingerprint density at radius 3 is 2.55 bits per heavy atom. The Morgan fingerprint density at radius 1 is 1.35 bits per heavy atom. The predicted octanol–water partition coefficient (Wildman–Crippen LogP) is 1.01. The minimum atomic E-state index is -0.0800. The highest BCUT2D eigenvalue weighted by atomic mass is 35.5. The quantitative estimate of drug-likeness (QED) is 0.796. The second kappa shape index (κ2) is 9.19. The molecule has 1 aliphatic heterocycles. The molecule has 1 rings (SSSR count). The lowest BCUT2D eigenvalue weighted by molar-refractivity contribution is -0.140. The number of rotatable bonds is 5. The van der Waals surface area contributed by atoms with Crippen LogP contribution in [0.3, 0.4) is 0 Å². The van der Waals surface area contributed by atoms with E-state index in [2.05, 4.69) is 19.2 Å². The standard InChI is InChI=1S/C14H27N3O2.ClH/c1-10(2)11(3)14(19)17-8-4-5-12(9-17)13(18)16-7-6-15;/h10-12H,4-9,15H2,1-3H3,(H,16,18);1H. The van der Waals surface area contributed by atoms with Gasteiger partial charge >= 0.3 is 0 Å². The molecule has 1 heterocycles. The molecular formula is C14H28ClN3O2. The third-order valence-corrected chi connectivity index (χ3v) is 3.94. The fraction of sp³-hybridized carbons (Fsp3) is 0.857. The second-order valence-electron chi connectivity index (χ2n) is 5.74. The summed E-state index contributed by atoms with van der Waals surface area (Å²) in [6, 6.07) is 0.